The van der Waals surface area contributed by atoms with Crippen LogP contribution in [0.2, 0.25) is 0 Å². The molecule has 0 atom stereocenters. The van der Waals surface area contributed by atoms with Crippen LogP contribution in [0.15, 0.2) is 42.5 Å². The van der Waals surface area contributed by atoms with Gasteiger partial charge in [-0.3, -0.25) is 0 Å². The molecule has 19 heavy (non-hydrogen) atoms. The van der Waals surface area contributed by atoms with Gasteiger partial charge in [0.25, 0.3) is 0 Å². The number of carboxylic acids is 1. The van der Waals surface area contributed by atoms with Crippen molar-refractivity contribution in [3.8, 4) is 5.75 Å². The van der Waals surface area contributed by atoms with Gasteiger partial charge < -0.3 is 9.84 Å². The van der Waals surface area contributed by atoms with E-state index in [1.54, 1.807) is 13.2 Å². The molecular weight excluding hydrogens is 240 g/mol. The maximum absolute atomic E-state index is 11.2. The summed E-state index contributed by atoms with van der Waals surface area (Å²) < 4.78 is 5.18. The summed E-state index contributed by atoms with van der Waals surface area (Å²) in [6.45, 7) is 1.96. The third-order valence-electron chi connectivity index (χ3n) is 3.02. The van der Waals surface area contributed by atoms with E-state index in [4.69, 9.17) is 4.74 Å². The fourth-order valence-electron chi connectivity index (χ4n) is 2.08. The molecule has 0 saturated carbocycles. The normalized spacial score (nSPS) is 10.2. The minimum Gasteiger partial charge on any atom is -0.497 e. The highest BCUT2D eigenvalue weighted by atomic mass is 16.5. The van der Waals surface area contributed by atoms with Crippen LogP contribution in [0.4, 0.5) is 0 Å². The maximum atomic E-state index is 11.2. The highest BCUT2D eigenvalue weighted by Crippen LogP contribution is 2.19. The SMILES string of the molecule is COc1cccc(Cc2cc(C)ccc2C(=O)O)c1. The molecule has 0 aliphatic heterocycles. The van der Waals surface area contributed by atoms with Gasteiger partial charge in [0.15, 0.2) is 0 Å². The van der Waals surface area contributed by atoms with Crippen LogP contribution in [0.3, 0.4) is 0 Å². The van der Waals surface area contributed by atoms with Gasteiger partial charge in [-0.25, -0.2) is 4.79 Å². The van der Waals surface area contributed by atoms with E-state index in [1.807, 2.05) is 43.3 Å². The van der Waals surface area contributed by atoms with Gasteiger partial charge in [0, 0.05) is 0 Å². The summed E-state index contributed by atoms with van der Waals surface area (Å²) >= 11 is 0. The summed E-state index contributed by atoms with van der Waals surface area (Å²) in [6, 6.07) is 13.1. The molecule has 2 aromatic rings. The Kier molecular flexibility index (Phi) is 3.85. The van der Waals surface area contributed by atoms with Crippen LogP contribution in [0.25, 0.3) is 0 Å². The molecule has 3 heteroatoms. The highest BCUT2D eigenvalue weighted by Gasteiger charge is 2.10. The summed E-state index contributed by atoms with van der Waals surface area (Å²) in [5.41, 5.74) is 3.27. The standard InChI is InChI=1S/C16H16O3/c1-11-6-7-15(16(17)18)13(8-11)9-12-4-3-5-14(10-12)19-2/h3-8,10H,9H2,1-2H3,(H,17,18). The van der Waals surface area contributed by atoms with Crippen LogP contribution in [-0.2, 0) is 6.42 Å². The second kappa shape index (κ2) is 5.57. The van der Waals surface area contributed by atoms with E-state index in [1.165, 1.54) is 0 Å². The average molecular weight is 256 g/mol. The Bertz CT molecular complexity index is 603. The van der Waals surface area contributed by atoms with Crippen LogP contribution in [0.5, 0.6) is 5.75 Å². The number of ether oxygens (including phenoxy) is 1. The zero-order valence-electron chi connectivity index (χ0n) is 11.0. The molecule has 1 N–H and O–H groups in total. The van der Waals surface area contributed by atoms with E-state index in [-0.39, 0.29) is 0 Å². The van der Waals surface area contributed by atoms with Crippen molar-refractivity contribution in [3.63, 3.8) is 0 Å². The molecule has 0 saturated heterocycles. The number of hydrogen-bond donors (Lipinski definition) is 1. The molecule has 0 bridgehead atoms. The molecule has 0 aliphatic rings. The first-order valence-electron chi connectivity index (χ1n) is 6.06. The van der Waals surface area contributed by atoms with Gasteiger partial charge in [0.1, 0.15) is 5.75 Å². The van der Waals surface area contributed by atoms with Gasteiger partial charge >= 0.3 is 5.97 Å². The van der Waals surface area contributed by atoms with Crippen LogP contribution < -0.4 is 4.74 Å². The van der Waals surface area contributed by atoms with E-state index >= 15 is 0 Å². The number of hydrogen-bond acceptors (Lipinski definition) is 2. The molecule has 98 valence electrons. The lowest BCUT2D eigenvalue weighted by atomic mass is 9.98. The summed E-state index contributed by atoms with van der Waals surface area (Å²) in [4.78, 5) is 11.2. The summed E-state index contributed by atoms with van der Waals surface area (Å²) in [6.07, 6.45) is 0.584. The van der Waals surface area contributed by atoms with Gasteiger partial charge in [-0.05, 0) is 42.7 Å². The minimum absolute atomic E-state index is 0.355. The molecule has 3 nitrogen and oxygen atoms in total. The van der Waals surface area contributed by atoms with Crippen LogP contribution in [-0.4, -0.2) is 18.2 Å². The molecule has 2 rings (SSSR count). The molecule has 0 amide bonds. The molecule has 0 heterocycles. The Balaban J connectivity index is 2.36. The van der Waals surface area contributed by atoms with Crippen molar-refractivity contribution in [2.45, 2.75) is 13.3 Å². The Hall–Kier alpha value is -2.29. The Morgan fingerprint density at radius 1 is 1.21 bits per heavy atom. The van der Waals surface area contributed by atoms with E-state index in [0.29, 0.717) is 12.0 Å². The van der Waals surface area contributed by atoms with E-state index in [0.717, 1.165) is 22.4 Å². The van der Waals surface area contributed by atoms with Crippen molar-refractivity contribution in [1.82, 2.24) is 0 Å². The van der Waals surface area contributed by atoms with Crippen molar-refractivity contribution in [2.24, 2.45) is 0 Å². The largest absolute Gasteiger partial charge is 0.497 e. The van der Waals surface area contributed by atoms with Gasteiger partial charge in [-0.2, -0.15) is 0 Å². The lowest BCUT2D eigenvalue weighted by Gasteiger charge is -2.09. The number of rotatable bonds is 4. The van der Waals surface area contributed by atoms with Gasteiger partial charge in [0.05, 0.1) is 12.7 Å². The summed E-state index contributed by atoms with van der Waals surface area (Å²) in [5.74, 6) is -0.111. The van der Waals surface area contributed by atoms with Crippen molar-refractivity contribution in [2.75, 3.05) is 7.11 Å². The average Bonchev–Trinajstić information content (AvgIpc) is 2.38. The van der Waals surface area contributed by atoms with Gasteiger partial charge in [-0.15, -0.1) is 0 Å². The summed E-state index contributed by atoms with van der Waals surface area (Å²) in [7, 11) is 1.62. The van der Waals surface area contributed by atoms with E-state index in [2.05, 4.69) is 0 Å². The molecule has 0 fully saturated rings. The first kappa shape index (κ1) is 13.1. The first-order valence-corrected chi connectivity index (χ1v) is 6.06. The maximum Gasteiger partial charge on any atom is 0.335 e. The molecule has 0 aliphatic carbocycles. The highest BCUT2D eigenvalue weighted by molar-refractivity contribution is 5.89. The first-order chi connectivity index (χ1) is 9.10. The minimum atomic E-state index is -0.891. The fourth-order valence-corrected chi connectivity index (χ4v) is 2.08. The quantitative estimate of drug-likeness (QED) is 0.913. The molecule has 0 unspecified atom stereocenters. The number of carboxylic acid groups (broad SMARTS) is 1. The Labute approximate surface area is 112 Å². The predicted molar refractivity (Wildman–Crippen MR) is 73.9 cm³/mol. The molecular formula is C16H16O3. The second-order valence-electron chi connectivity index (χ2n) is 4.49. The van der Waals surface area contributed by atoms with Crippen LogP contribution in [0, 0.1) is 6.92 Å². The molecule has 0 spiro atoms. The van der Waals surface area contributed by atoms with Crippen molar-refractivity contribution in [3.05, 3.63) is 64.7 Å². The number of methoxy groups -OCH3 is 1. The van der Waals surface area contributed by atoms with E-state index < -0.39 is 5.97 Å². The lowest BCUT2D eigenvalue weighted by molar-refractivity contribution is 0.0696. The zero-order chi connectivity index (χ0) is 13.8. The molecule has 0 aromatic heterocycles. The summed E-state index contributed by atoms with van der Waals surface area (Å²) in [5, 5.41) is 9.21. The number of benzene rings is 2. The third-order valence-corrected chi connectivity index (χ3v) is 3.02. The monoisotopic (exact) mass is 256 g/mol. The van der Waals surface area contributed by atoms with Gasteiger partial charge in [0.2, 0.25) is 0 Å². The molecule has 0 radical (unpaired) electrons. The zero-order valence-corrected chi connectivity index (χ0v) is 11.0. The van der Waals surface area contributed by atoms with Crippen LogP contribution >= 0.6 is 0 Å². The van der Waals surface area contributed by atoms with Crippen LogP contribution in [0.1, 0.15) is 27.0 Å². The number of aryl methyl sites for hydroxylation is 1. The third kappa shape index (κ3) is 3.13. The Morgan fingerprint density at radius 3 is 2.68 bits per heavy atom. The fraction of sp³-hybridized carbons (Fsp3) is 0.188. The lowest BCUT2D eigenvalue weighted by Crippen LogP contribution is -2.03. The van der Waals surface area contributed by atoms with Crippen molar-refractivity contribution < 1.29 is 14.6 Å². The Morgan fingerprint density at radius 2 is 2.00 bits per heavy atom. The number of carbonyl (C=O) groups is 1. The topological polar surface area (TPSA) is 46.5 Å². The molecule has 2 aromatic carbocycles. The van der Waals surface area contributed by atoms with Gasteiger partial charge in [-0.1, -0.05) is 29.8 Å². The second-order valence-corrected chi connectivity index (χ2v) is 4.49. The number of aromatic carboxylic acids is 1. The van der Waals surface area contributed by atoms with E-state index in [9.17, 15) is 9.90 Å². The predicted octanol–water partition coefficient (Wildman–Crippen LogP) is 3.29. The van der Waals surface area contributed by atoms with Crippen molar-refractivity contribution in [1.29, 1.82) is 0 Å². The smallest absolute Gasteiger partial charge is 0.335 e. The van der Waals surface area contributed by atoms with Crippen molar-refractivity contribution >= 4 is 5.97 Å².